The molecule has 1 aliphatic heterocycles. The van der Waals surface area contributed by atoms with Crippen molar-refractivity contribution < 1.29 is 22.8 Å². The summed E-state index contributed by atoms with van der Waals surface area (Å²) in [6, 6.07) is 19.7. The lowest BCUT2D eigenvalue weighted by Gasteiger charge is -2.31. The lowest BCUT2D eigenvalue weighted by atomic mass is 9.98. The number of amides is 2. The zero-order valence-electron chi connectivity index (χ0n) is 19.0. The summed E-state index contributed by atoms with van der Waals surface area (Å²) >= 11 is 0. The Morgan fingerprint density at radius 1 is 1.03 bits per heavy atom. The largest absolute Gasteiger partial charge is 0.414 e. The number of benzene rings is 2. The molecule has 0 spiro atoms. The van der Waals surface area contributed by atoms with Crippen LogP contribution in [0.3, 0.4) is 0 Å². The Hall–Kier alpha value is -3.88. The topological polar surface area (TPSA) is 74.3 Å². The molecule has 1 fully saturated rings. The molecule has 0 saturated carbocycles. The average molecular weight is 483 g/mol. The zero-order chi connectivity index (χ0) is 25.0. The van der Waals surface area contributed by atoms with Gasteiger partial charge in [0.15, 0.2) is 6.04 Å². The zero-order valence-corrected chi connectivity index (χ0v) is 19.0. The minimum Gasteiger partial charge on any atom is -0.373 e. The van der Waals surface area contributed by atoms with Gasteiger partial charge in [0, 0.05) is 20.0 Å². The molecule has 0 bridgehead atoms. The summed E-state index contributed by atoms with van der Waals surface area (Å²) in [5.41, 5.74) is 2.21. The first-order valence-electron chi connectivity index (χ1n) is 11.2. The van der Waals surface area contributed by atoms with Crippen LogP contribution in [0.1, 0.15) is 35.3 Å². The van der Waals surface area contributed by atoms with E-state index in [0.29, 0.717) is 10.6 Å². The maximum absolute atomic E-state index is 14.0. The van der Waals surface area contributed by atoms with Crippen LogP contribution < -0.4 is 10.6 Å². The number of anilines is 1. The third kappa shape index (κ3) is 5.62. The molecule has 6 nitrogen and oxygen atoms in total. The maximum atomic E-state index is 14.0. The molecule has 1 aliphatic rings. The number of carbonyl (C=O) groups excluding carboxylic acids is 2. The summed E-state index contributed by atoms with van der Waals surface area (Å²) in [5.74, 6) is -1.92. The van der Waals surface area contributed by atoms with E-state index in [-0.39, 0.29) is 30.6 Å². The molecule has 0 radical (unpaired) electrons. The molecule has 2 heterocycles. The number of nitrogens with one attached hydrogen (secondary N) is 2. The standard InChI is InChI=1S/C26H25F3N4O2/c1-33(25(35)19-14-22(34)31-15-19)24(26(27,28)29)21-13-12-20(16-30-21)32-23(17-8-4-2-5-9-17)18-10-6-3-7-11-18/h2-13,16,19,23-24,32H,14-15H2,1H3,(H,31,34)/t19-,24?/m0/s1. The van der Waals surface area contributed by atoms with Crippen LogP contribution in [0.4, 0.5) is 18.9 Å². The van der Waals surface area contributed by atoms with Crippen molar-refractivity contribution in [3.8, 4) is 0 Å². The summed E-state index contributed by atoms with van der Waals surface area (Å²) in [7, 11) is 1.10. The number of halogens is 3. The molecule has 35 heavy (non-hydrogen) atoms. The molecular formula is C26H25F3N4O2. The molecule has 2 amide bonds. The number of nitrogens with zero attached hydrogens (tertiary/aromatic N) is 2. The van der Waals surface area contributed by atoms with Crippen molar-refractivity contribution in [2.45, 2.75) is 24.7 Å². The number of rotatable bonds is 7. The van der Waals surface area contributed by atoms with Crippen LogP contribution in [0.15, 0.2) is 79.0 Å². The number of aromatic nitrogens is 1. The van der Waals surface area contributed by atoms with E-state index >= 15 is 0 Å². The Balaban J connectivity index is 1.58. The lowest BCUT2D eigenvalue weighted by Crippen LogP contribution is -2.43. The van der Waals surface area contributed by atoms with Crippen molar-refractivity contribution >= 4 is 17.5 Å². The fourth-order valence-corrected chi connectivity index (χ4v) is 4.25. The second-order valence-electron chi connectivity index (χ2n) is 8.47. The van der Waals surface area contributed by atoms with Gasteiger partial charge >= 0.3 is 6.18 Å². The van der Waals surface area contributed by atoms with Crippen LogP contribution in [0, 0.1) is 5.92 Å². The Bertz CT molecular complexity index is 1120. The van der Waals surface area contributed by atoms with E-state index in [1.807, 2.05) is 60.7 Å². The van der Waals surface area contributed by atoms with E-state index in [9.17, 15) is 22.8 Å². The van der Waals surface area contributed by atoms with Crippen LogP contribution in [-0.4, -0.2) is 41.5 Å². The van der Waals surface area contributed by atoms with Gasteiger partial charge in [0.2, 0.25) is 11.8 Å². The number of alkyl halides is 3. The normalized spacial score (nSPS) is 16.6. The van der Waals surface area contributed by atoms with Crippen molar-refractivity contribution in [3.05, 3.63) is 95.8 Å². The molecule has 4 rings (SSSR count). The van der Waals surface area contributed by atoms with E-state index in [1.54, 1.807) is 0 Å². The number of pyridine rings is 1. The van der Waals surface area contributed by atoms with E-state index in [2.05, 4.69) is 15.6 Å². The van der Waals surface area contributed by atoms with Gasteiger partial charge < -0.3 is 15.5 Å². The van der Waals surface area contributed by atoms with Crippen LogP contribution in [0.5, 0.6) is 0 Å². The van der Waals surface area contributed by atoms with Gasteiger partial charge in [0.25, 0.3) is 0 Å². The van der Waals surface area contributed by atoms with E-state index in [1.165, 1.54) is 18.3 Å². The molecule has 9 heteroatoms. The molecule has 1 saturated heterocycles. The summed E-state index contributed by atoms with van der Waals surface area (Å²) < 4.78 is 42.0. The third-order valence-electron chi connectivity index (χ3n) is 6.01. The van der Waals surface area contributed by atoms with Crippen LogP contribution in [0.25, 0.3) is 0 Å². The van der Waals surface area contributed by atoms with Crippen molar-refractivity contribution in [2.75, 3.05) is 18.9 Å². The number of carbonyl (C=O) groups is 2. The number of hydrogen-bond donors (Lipinski definition) is 2. The van der Waals surface area contributed by atoms with Crippen LogP contribution in [0.2, 0.25) is 0 Å². The van der Waals surface area contributed by atoms with E-state index in [0.717, 1.165) is 18.2 Å². The van der Waals surface area contributed by atoms with Crippen molar-refractivity contribution in [1.29, 1.82) is 0 Å². The van der Waals surface area contributed by atoms with Gasteiger partial charge in [-0.3, -0.25) is 14.6 Å². The molecule has 0 aliphatic carbocycles. The van der Waals surface area contributed by atoms with Gasteiger partial charge in [-0.25, -0.2) is 0 Å². The van der Waals surface area contributed by atoms with Crippen molar-refractivity contribution in [2.24, 2.45) is 5.92 Å². The van der Waals surface area contributed by atoms with Gasteiger partial charge in [0.1, 0.15) is 0 Å². The molecule has 182 valence electrons. The highest BCUT2D eigenvalue weighted by Crippen LogP contribution is 2.37. The Kier molecular flexibility index (Phi) is 7.04. The van der Waals surface area contributed by atoms with Gasteiger partial charge in [-0.05, 0) is 23.3 Å². The number of hydrogen-bond acceptors (Lipinski definition) is 4. The third-order valence-corrected chi connectivity index (χ3v) is 6.01. The fraction of sp³-hybridized carbons (Fsp3) is 0.269. The SMILES string of the molecule is CN(C(=O)[C@@H]1CNC(=O)C1)C(c1ccc(NC(c2ccccc2)c2ccccc2)cn1)C(F)(F)F. The minimum atomic E-state index is -4.74. The second-order valence-corrected chi connectivity index (χ2v) is 8.47. The Labute approximate surface area is 201 Å². The average Bonchev–Trinajstić information content (AvgIpc) is 3.29. The Morgan fingerprint density at radius 2 is 1.63 bits per heavy atom. The smallest absolute Gasteiger partial charge is 0.373 e. The van der Waals surface area contributed by atoms with Gasteiger partial charge in [-0.2, -0.15) is 13.2 Å². The van der Waals surface area contributed by atoms with Gasteiger partial charge in [0.05, 0.1) is 29.5 Å². The van der Waals surface area contributed by atoms with E-state index in [4.69, 9.17) is 0 Å². The minimum absolute atomic E-state index is 0.0310. The summed E-state index contributed by atoms with van der Waals surface area (Å²) in [4.78, 5) is 28.8. The summed E-state index contributed by atoms with van der Waals surface area (Å²) in [6.07, 6.45) is -3.52. The lowest BCUT2D eigenvalue weighted by molar-refractivity contribution is -0.191. The highest BCUT2D eigenvalue weighted by atomic mass is 19.4. The van der Waals surface area contributed by atoms with Crippen molar-refractivity contribution in [1.82, 2.24) is 15.2 Å². The molecule has 2 N–H and O–H groups in total. The predicted octanol–water partition coefficient (Wildman–Crippen LogP) is 4.48. The maximum Gasteiger partial charge on any atom is 0.414 e. The molecule has 2 atom stereocenters. The molecule has 2 aromatic carbocycles. The fourth-order valence-electron chi connectivity index (χ4n) is 4.25. The molecule has 1 unspecified atom stereocenters. The summed E-state index contributed by atoms with van der Waals surface area (Å²) in [6.45, 7) is 0.0310. The van der Waals surface area contributed by atoms with Crippen molar-refractivity contribution in [3.63, 3.8) is 0 Å². The molecule has 3 aromatic rings. The van der Waals surface area contributed by atoms with E-state index < -0.39 is 24.0 Å². The quantitative estimate of drug-likeness (QED) is 0.521. The second kappa shape index (κ2) is 10.2. The first-order chi connectivity index (χ1) is 16.7. The molecular weight excluding hydrogens is 457 g/mol. The highest BCUT2D eigenvalue weighted by molar-refractivity contribution is 5.89. The predicted molar refractivity (Wildman–Crippen MR) is 125 cm³/mol. The monoisotopic (exact) mass is 482 g/mol. The van der Waals surface area contributed by atoms with Crippen LogP contribution >= 0.6 is 0 Å². The molecule has 1 aromatic heterocycles. The Morgan fingerprint density at radius 3 is 2.09 bits per heavy atom. The van der Waals surface area contributed by atoms with Gasteiger partial charge in [-0.1, -0.05) is 60.7 Å². The van der Waals surface area contributed by atoms with Gasteiger partial charge in [-0.15, -0.1) is 0 Å². The highest BCUT2D eigenvalue weighted by Gasteiger charge is 2.47. The first-order valence-corrected chi connectivity index (χ1v) is 11.2. The first kappa shape index (κ1) is 24.3. The van der Waals surface area contributed by atoms with Crippen LogP contribution in [-0.2, 0) is 9.59 Å². The summed E-state index contributed by atoms with van der Waals surface area (Å²) in [5, 5.41) is 5.83.